The van der Waals surface area contributed by atoms with Crippen LogP contribution in [0.1, 0.15) is 18.4 Å². The van der Waals surface area contributed by atoms with E-state index in [2.05, 4.69) is 21.9 Å². The van der Waals surface area contributed by atoms with Crippen molar-refractivity contribution in [1.29, 1.82) is 0 Å². The van der Waals surface area contributed by atoms with Crippen LogP contribution in [0.3, 0.4) is 0 Å². The summed E-state index contributed by atoms with van der Waals surface area (Å²) in [5, 5.41) is 0. The number of methoxy groups -OCH3 is 2. The van der Waals surface area contributed by atoms with Gasteiger partial charge in [-0.05, 0) is 43.1 Å². The van der Waals surface area contributed by atoms with Gasteiger partial charge in [-0.2, -0.15) is 0 Å². The van der Waals surface area contributed by atoms with Crippen LogP contribution in [0.4, 0.5) is 11.4 Å². The lowest BCUT2D eigenvalue weighted by Gasteiger charge is -2.36. The molecule has 2 heterocycles. The number of carbonyl (C=O) groups excluding carboxylic acids is 1. The highest BCUT2D eigenvalue weighted by Gasteiger charge is 2.27. The molecule has 6 nitrogen and oxygen atoms in total. The molecule has 1 saturated heterocycles. The van der Waals surface area contributed by atoms with Crippen molar-refractivity contribution in [3.63, 3.8) is 0 Å². The molecule has 0 radical (unpaired) electrons. The van der Waals surface area contributed by atoms with Crippen LogP contribution in [0.15, 0.2) is 42.5 Å². The summed E-state index contributed by atoms with van der Waals surface area (Å²) in [6.45, 7) is 5.99. The minimum Gasteiger partial charge on any atom is -0.497 e. The van der Waals surface area contributed by atoms with Gasteiger partial charge in [0.15, 0.2) is 0 Å². The van der Waals surface area contributed by atoms with E-state index in [4.69, 9.17) is 9.47 Å². The second-order valence-corrected chi connectivity index (χ2v) is 7.92. The van der Waals surface area contributed by atoms with E-state index < -0.39 is 0 Å². The third kappa shape index (κ3) is 4.38. The lowest BCUT2D eigenvalue weighted by atomic mass is 10.1. The third-order valence-corrected chi connectivity index (χ3v) is 6.13. The number of unbranched alkanes of at least 4 members (excludes halogenated alkanes) is 1. The topological polar surface area (TPSA) is 45.2 Å². The normalized spacial score (nSPS) is 16.7. The van der Waals surface area contributed by atoms with Crippen molar-refractivity contribution in [2.24, 2.45) is 0 Å². The number of piperazine rings is 1. The number of nitrogens with zero attached hydrogens (tertiary/aromatic N) is 3. The summed E-state index contributed by atoms with van der Waals surface area (Å²) in [6, 6.07) is 14.2. The number of anilines is 2. The summed E-state index contributed by atoms with van der Waals surface area (Å²) in [6.07, 6.45) is 2.61. The van der Waals surface area contributed by atoms with Crippen LogP contribution in [0.2, 0.25) is 0 Å². The van der Waals surface area contributed by atoms with Crippen LogP contribution in [-0.4, -0.2) is 64.3 Å². The maximum Gasteiger partial charge on any atom is 0.231 e. The zero-order valence-electron chi connectivity index (χ0n) is 18.0. The molecule has 0 spiro atoms. The lowest BCUT2D eigenvalue weighted by molar-refractivity contribution is -0.117. The highest BCUT2D eigenvalue weighted by molar-refractivity contribution is 6.01. The number of rotatable bonds is 8. The van der Waals surface area contributed by atoms with Crippen molar-refractivity contribution >= 4 is 17.3 Å². The van der Waals surface area contributed by atoms with Crippen molar-refractivity contribution in [1.82, 2.24) is 4.90 Å². The van der Waals surface area contributed by atoms with E-state index in [0.717, 1.165) is 74.9 Å². The Hall–Kier alpha value is -2.73. The highest BCUT2D eigenvalue weighted by atomic mass is 16.5. The zero-order chi connectivity index (χ0) is 20.9. The Morgan fingerprint density at radius 3 is 2.40 bits per heavy atom. The monoisotopic (exact) mass is 409 g/mol. The molecule has 0 atom stereocenters. The van der Waals surface area contributed by atoms with E-state index >= 15 is 0 Å². The number of para-hydroxylation sites is 2. The Bertz CT molecular complexity index is 878. The van der Waals surface area contributed by atoms with Crippen LogP contribution in [0.25, 0.3) is 0 Å². The molecule has 1 fully saturated rings. The molecule has 1 amide bonds. The molecular formula is C24H31N3O3. The molecule has 2 aliphatic heterocycles. The summed E-state index contributed by atoms with van der Waals surface area (Å²) in [5.41, 5.74) is 3.30. The maximum absolute atomic E-state index is 12.4. The van der Waals surface area contributed by atoms with Crippen LogP contribution in [-0.2, 0) is 11.2 Å². The van der Waals surface area contributed by atoms with Gasteiger partial charge in [0.1, 0.15) is 11.5 Å². The number of benzene rings is 2. The first-order chi connectivity index (χ1) is 14.7. The van der Waals surface area contributed by atoms with Crippen LogP contribution in [0.5, 0.6) is 11.5 Å². The van der Waals surface area contributed by atoms with E-state index in [9.17, 15) is 4.79 Å². The molecule has 0 N–H and O–H groups in total. The summed E-state index contributed by atoms with van der Waals surface area (Å²) >= 11 is 0. The third-order valence-electron chi connectivity index (χ3n) is 6.13. The molecule has 2 aliphatic rings. The summed E-state index contributed by atoms with van der Waals surface area (Å²) in [4.78, 5) is 19.3. The van der Waals surface area contributed by atoms with E-state index in [1.165, 1.54) is 5.69 Å². The van der Waals surface area contributed by atoms with Gasteiger partial charge in [0.05, 0.1) is 32.0 Å². The van der Waals surface area contributed by atoms with Gasteiger partial charge < -0.3 is 19.3 Å². The van der Waals surface area contributed by atoms with Crippen molar-refractivity contribution in [2.45, 2.75) is 19.3 Å². The summed E-state index contributed by atoms with van der Waals surface area (Å²) < 4.78 is 10.8. The van der Waals surface area contributed by atoms with E-state index in [1.54, 1.807) is 14.2 Å². The minimum absolute atomic E-state index is 0.198. The molecule has 2 aromatic carbocycles. The average molecular weight is 410 g/mol. The molecule has 0 saturated carbocycles. The summed E-state index contributed by atoms with van der Waals surface area (Å²) in [5.74, 6) is 1.95. The van der Waals surface area contributed by atoms with E-state index in [-0.39, 0.29) is 5.91 Å². The van der Waals surface area contributed by atoms with Crippen molar-refractivity contribution in [3.05, 3.63) is 48.0 Å². The Labute approximate surface area is 179 Å². The number of fused-ring (bicyclic) bond motifs is 1. The quantitative estimate of drug-likeness (QED) is 0.627. The highest BCUT2D eigenvalue weighted by Crippen LogP contribution is 2.32. The number of ether oxygens (including phenoxy) is 2. The van der Waals surface area contributed by atoms with Gasteiger partial charge in [0, 0.05) is 38.8 Å². The maximum atomic E-state index is 12.4. The fourth-order valence-corrected chi connectivity index (χ4v) is 4.42. The first-order valence-electron chi connectivity index (χ1n) is 10.8. The molecule has 30 heavy (non-hydrogen) atoms. The van der Waals surface area contributed by atoms with Gasteiger partial charge in [-0.25, -0.2) is 0 Å². The number of carbonyl (C=O) groups is 1. The van der Waals surface area contributed by atoms with Crippen molar-refractivity contribution < 1.29 is 14.3 Å². The Kier molecular flexibility index (Phi) is 6.43. The van der Waals surface area contributed by atoms with Crippen LogP contribution in [0, 0.1) is 0 Å². The number of amides is 1. The first kappa shape index (κ1) is 20.5. The van der Waals surface area contributed by atoms with Crippen molar-refractivity contribution in [3.8, 4) is 11.5 Å². The minimum atomic E-state index is 0.198. The molecular weight excluding hydrogens is 378 g/mol. The molecule has 4 rings (SSSR count). The predicted octanol–water partition coefficient (Wildman–Crippen LogP) is 3.20. The number of hydrogen-bond donors (Lipinski definition) is 0. The fraction of sp³-hybridized carbons (Fsp3) is 0.458. The summed E-state index contributed by atoms with van der Waals surface area (Å²) in [7, 11) is 3.39. The molecule has 0 aliphatic carbocycles. The van der Waals surface area contributed by atoms with Gasteiger partial charge in [-0.15, -0.1) is 0 Å². The average Bonchev–Trinajstić information content (AvgIpc) is 3.11. The molecule has 0 bridgehead atoms. The van der Waals surface area contributed by atoms with E-state index in [0.29, 0.717) is 6.42 Å². The molecule has 2 aromatic rings. The Balaban J connectivity index is 1.23. The van der Waals surface area contributed by atoms with Gasteiger partial charge >= 0.3 is 0 Å². The second-order valence-electron chi connectivity index (χ2n) is 7.92. The van der Waals surface area contributed by atoms with Gasteiger partial charge in [0.2, 0.25) is 5.91 Å². The number of hydrogen-bond acceptors (Lipinski definition) is 5. The zero-order valence-corrected chi connectivity index (χ0v) is 18.0. The molecule has 160 valence electrons. The smallest absolute Gasteiger partial charge is 0.231 e. The standard InChI is InChI=1S/C24H31N3O3/c1-29-20-10-9-19-17-24(28)27(22(19)18-20)12-6-5-11-25-13-15-26(16-14-25)21-7-3-4-8-23(21)30-2/h3-4,7-10,18H,5-6,11-17H2,1-2H3. The largest absolute Gasteiger partial charge is 0.497 e. The van der Waals surface area contributed by atoms with Crippen molar-refractivity contribution in [2.75, 3.05) is 63.3 Å². The van der Waals surface area contributed by atoms with Crippen LogP contribution >= 0.6 is 0 Å². The lowest BCUT2D eigenvalue weighted by Crippen LogP contribution is -2.46. The van der Waals surface area contributed by atoms with Gasteiger partial charge in [0.25, 0.3) is 0 Å². The van der Waals surface area contributed by atoms with Gasteiger partial charge in [-0.3, -0.25) is 9.69 Å². The molecule has 0 unspecified atom stereocenters. The fourth-order valence-electron chi connectivity index (χ4n) is 4.42. The molecule has 6 heteroatoms. The first-order valence-corrected chi connectivity index (χ1v) is 10.8. The predicted molar refractivity (Wildman–Crippen MR) is 120 cm³/mol. The van der Waals surface area contributed by atoms with Gasteiger partial charge in [-0.1, -0.05) is 18.2 Å². The second kappa shape index (κ2) is 9.39. The Morgan fingerprint density at radius 2 is 1.63 bits per heavy atom. The Morgan fingerprint density at radius 1 is 0.867 bits per heavy atom. The van der Waals surface area contributed by atoms with E-state index in [1.807, 2.05) is 35.2 Å². The molecule has 0 aromatic heterocycles. The SMILES string of the molecule is COc1ccc2c(c1)N(CCCCN1CCN(c3ccccc3OC)CC1)C(=O)C2. The van der Waals surface area contributed by atoms with Crippen LogP contribution < -0.4 is 19.3 Å².